The molecule has 4 nitrogen and oxygen atoms in total. The maximum atomic E-state index is 12.8. The van der Waals surface area contributed by atoms with Crippen molar-refractivity contribution in [2.75, 3.05) is 0 Å². The van der Waals surface area contributed by atoms with Crippen LogP contribution < -0.4 is 0 Å². The van der Waals surface area contributed by atoms with Gasteiger partial charge in [-0.1, -0.05) is 34.1 Å². The Morgan fingerprint density at radius 1 is 1.25 bits per heavy atom. The smallest absolute Gasteiger partial charge is 0.434 e. The Bertz CT molecular complexity index is 674. The zero-order chi connectivity index (χ0) is 14.9. The van der Waals surface area contributed by atoms with E-state index in [1.54, 1.807) is 18.2 Å². The largest absolute Gasteiger partial charge is 0.478 e. The van der Waals surface area contributed by atoms with Crippen LogP contribution in [0.15, 0.2) is 34.9 Å². The number of carboxylic acid groups (broad SMARTS) is 1. The van der Waals surface area contributed by atoms with Gasteiger partial charge >= 0.3 is 12.1 Å². The molecule has 0 fully saturated rings. The highest BCUT2D eigenvalue weighted by Crippen LogP contribution is 2.33. The lowest BCUT2D eigenvalue weighted by atomic mass is 10.2. The molecular formula is C12H6BrF3N2O2. The predicted molar refractivity (Wildman–Crippen MR) is 67.1 cm³/mol. The van der Waals surface area contributed by atoms with Crippen LogP contribution in [0.2, 0.25) is 0 Å². The van der Waals surface area contributed by atoms with Gasteiger partial charge in [-0.25, -0.2) is 14.8 Å². The lowest BCUT2D eigenvalue weighted by Crippen LogP contribution is -2.16. The third-order valence-corrected chi connectivity index (χ3v) is 3.09. The minimum Gasteiger partial charge on any atom is -0.478 e. The van der Waals surface area contributed by atoms with Crippen molar-refractivity contribution in [2.45, 2.75) is 6.18 Å². The summed E-state index contributed by atoms with van der Waals surface area (Å²) < 4.78 is 39.0. The van der Waals surface area contributed by atoms with Gasteiger partial charge in [0.1, 0.15) is 5.56 Å². The van der Waals surface area contributed by atoms with E-state index in [-0.39, 0.29) is 5.82 Å². The normalized spacial score (nSPS) is 11.4. The summed E-state index contributed by atoms with van der Waals surface area (Å²) in [6.07, 6.45) is -4.21. The number of benzene rings is 1. The Balaban J connectivity index is 2.65. The molecule has 1 aromatic carbocycles. The summed E-state index contributed by atoms with van der Waals surface area (Å²) in [5.74, 6) is -1.93. The van der Waals surface area contributed by atoms with Crippen LogP contribution in [0.1, 0.15) is 16.1 Å². The Morgan fingerprint density at radius 2 is 1.90 bits per heavy atom. The van der Waals surface area contributed by atoms with Gasteiger partial charge in [0, 0.05) is 16.2 Å². The van der Waals surface area contributed by atoms with Crippen molar-refractivity contribution in [3.8, 4) is 11.4 Å². The van der Waals surface area contributed by atoms with Gasteiger partial charge in [-0.15, -0.1) is 0 Å². The van der Waals surface area contributed by atoms with Gasteiger partial charge in [-0.3, -0.25) is 0 Å². The van der Waals surface area contributed by atoms with E-state index in [9.17, 15) is 18.0 Å². The highest BCUT2D eigenvalue weighted by Gasteiger charge is 2.38. The number of halogens is 4. The highest BCUT2D eigenvalue weighted by atomic mass is 79.9. The Morgan fingerprint density at radius 3 is 2.45 bits per heavy atom. The number of hydrogen-bond donors (Lipinski definition) is 1. The van der Waals surface area contributed by atoms with Crippen LogP contribution >= 0.6 is 15.9 Å². The first-order chi connectivity index (χ1) is 9.30. The number of rotatable bonds is 2. The van der Waals surface area contributed by atoms with Gasteiger partial charge in [0.05, 0.1) is 0 Å². The van der Waals surface area contributed by atoms with E-state index in [4.69, 9.17) is 5.11 Å². The molecule has 1 aromatic heterocycles. The molecule has 0 bridgehead atoms. The van der Waals surface area contributed by atoms with Crippen molar-refractivity contribution in [3.05, 3.63) is 46.2 Å². The predicted octanol–water partition coefficient (Wildman–Crippen LogP) is 3.62. The van der Waals surface area contributed by atoms with Crippen LogP contribution in [-0.4, -0.2) is 21.0 Å². The summed E-state index contributed by atoms with van der Waals surface area (Å²) in [4.78, 5) is 17.8. The molecule has 0 aliphatic carbocycles. The number of hydrogen-bond acceptors (Lipinski definition) is 3. The molecule has 0 unspecified atom stereocenters. The fourth-order valence-corrected chi connectivity index (χ4v) is 1.99. The van der Waals surface area contributed by atoms with E-state index in [2.05, 4.69) is 25.9 Å². The van der Waals surface area contributed by atoms with Crippen molar-refractivity contribution in [1.82, 2.24) is 9.97 Å². The summed E-state index contributed by atoms with van der Waals surface area (Å²) in [5.41, 5.74) is -2.10. The molecule has 0 amide bonds. The first kappa shape index (κ1) is 14.4. The van der Waals surface area contributed by atoms with Gasteiger partial charge in [-0.05, 0) is 6.07 Å². The standard InChI is InChI=1S/C12H6BrF3N2O2/c13-8-4-2-1-3-6(8)10-17-5-7(11(19)20)9(18-10)12(14,15)16/h1-5H,(H,19,20). The Labute approximate surface area is 119 Å². The van der Waals surface area contributed by atoms with Crippen molar-refractivity contribution < 1.29 is 23.1 Å². The van der Waals surface area contributed by atoms with E-state index < -0.39 is 23.4 Å². The van der Waals surface area contributed by atoms with Crippen molar-refractivity contribution in [1.29, 1.82) is 0 Å². The summed E-state index contributed by atoms with van der Waals surface area (Å²) in [5, 5.41) is 8.76. The molecule has 1 heterocycles. The van der Waals surface area contributed by atoms with Gasteiger partial charge in [-0.2, -0.15) is 13.2 Å². The van der Waals surface area contributed by atoms with Crippen molar-refractivity contribution >= 4 is 21.9 Å². The molecule has 0 spiro atoms. The van der Waals surface area contributed by atoms with Gasteiger partial charge in [0.25, 0.3) is 0 Å². The molecule has 8 heteroatoms. The summed E-state index contributed by atoms with van der Waals surface area (Å²) in [6, 6.07) is 6.45. The number of aromatic carboxylic acids is 1. The molecule has 0 saturated carbocycles. The van der Waals surface area contributed by atoms with Crippen LogP contribution in [0.25, 0.3) is 11.4 Å². The third-order valence-electron chi connectivity index (χ3n) is 2.40. The van der Waals surface area contributed by atoms with E-state index in [0.29, 0.717) is 16.2 Å². The topological polar surface area (TPSA) is 63.1 Å². The van der Waals surface area contributed by atoms with Crippen LogP contribution in [0, 0.1) is 0 Å². The number of aromatic nitrogens is 2. The van der Waals surface area contributed by atoms with Crippen molar-refractivity contribution in [3.63, 3.8) is 0 Å². The van der Waals surface area contributed by atoms with E-state index in [1.165, 1.54) is 6.07 Å². The molecule has 0 aliphatic heterocycles. The van der Waals surface area contributed by atoms with Gasteiger partial charge < -0.3 is 5.11 Å². The van der Waals surface area contributed by atoms with E-state index in [1.807, 2.05) is 0 Å². The molecule has 104 valence electrons. The van der Waals surface area contributed by atoms with Crippen LogP contribution in [-0.2, 0) is 6.18 Å². The monoisotopic (exact) mass is 346 g/mol. The minimum atomic E-state index is -4.87. The molecule has 0 radical (unpaired) electrons. The first-order valence-electron chi connectivity index (χ1n) is 5.23. The van der Waals surface area contributed by atoms with Crippen LogP contribution in [0.5, 0.6) is 0 Å². The average molecular weight is 347 g/mol. The Kier molecular flexibility index (Phi) is 3.76. The lowest BCUT2D eigenvalue weighted by Gasteiger charge is -2.11. The summed E-state index contributed by atoms with van der Waals surface area (Å²) >= 11 is 3.18. The van der Waals surface area contributed by atoms with Crippen molar-refractivity contribution in [2.24, 2.45) is 0 Å². The fraction of sp³-hybridized carbons (Fsp3) is 0.0833. The number of alkyl halides is 3. The van der Waals surface area contributed by atoms with Crippen LogP contribution in [0.4, 0.5) is 13.2 Å². The molecule has 0 saturated heterocycles. The quantitative estimate of drug-likeness (QED) is 0.901. The van der Waals surface area contributed by atoms with Gasteiger partial charge in [0.2, 0.25) is 0 Å². The van der Waals surface area contributed by atoms with Gasteiger partial charge in [0.15, 0.2) is 11.5 Å². The second-order valence-electron chi connectivity index (χ2n) is 3.74. The second-order valence-corrected chi connectivity index (χ2v) is 4.59. The molecule has 2 rings (SSSR count). The lowest BCUT2D eigenvalue weighted by molar-refractivity contribution is -0.141. The number of nitrogens with zero attached hydrogens (tertiary/aromatic N) is 2. The molecular weight excluding hydrogens is 341 g/mol. The zero-order valence-electron chi connectivity index (χ0n) is 9.65. The summed E-state index contributed by atoms with van der Waals surface area (Å²) in [7, 11) is 0. The first-order valence-corrected chi connectivity index (χ1v) is 6.02. The zero-order valence-corrected chi connectivity index (χ0v) is 11.2. The highest BCUT2D eigenvalue weighted by molar-refractivity contribution is 9.10. The molecule has 2 aromatic rings. The van der Waals surface area contributed by atoms with E-state index in [0.717, 1.165) is 0 Å². The number of carboxylic acids is 1. The van der Waals surface area contributed by atoms with Crippen LogP contribution in [0.3, 0.4) is 0 Å². The summed E-state index contributed by atoms with van der Waals surface area (Å²) in [6.45, 7) is 0. The number of carbonyl (C=O) groups is 1. The molecule has 1 N–H and O–H groups in total. The molecule has 0 atom stereocenters. The van der Waals surface area contributed by atoms with E-state index >= 15 is 0 Å². The molecule has 20 heavy (non-hydrogen) atoms. The third kappa shape index (κ3) is 2.79. The Hall–Kier alpha value is -1.96. The fourth-order valence-electron chi connectivity index (χ4n) is 1.53. The minimum absolute atomic E-state index is 0.199. The second kappa shape index (κ2) is 5.20. The maximum Gasteiger partial charge on any atom is 0.434 e. The average Bonchev–Trinajstić information content (AvgIpc) is 2.37. The SMILES string of the molecule is O=C(O)c1cnc(-c2ccccc2Br)nc1C(F)(F)F. The maximum absolute atomic E-state index is 12.8. The molecule has 0 aliphatic rings.